The molecule has 3 rings (SSSR count). The molecule has 0 N–H and O–H groups in total. The monoisotopic (exact) mass is 345 g/mol. The van der Waals surface area contributed by atoms with Crippen molar-refractivity contribution in [3.63, 3.8) is 0 Å². The molecule has 0 radical (unpaired) electrons. The summed E-state index contributed by atoms with van der Waals surface area (Å²) in [6.45, 7) is 0. The molecule has 0 aliphatic carbocycles. The summed E-state index contributed by atoms with van der Waals surface area (Å²) in [5.41, 5.74) is 1.32. The molecule has 122 valence electrons. The maximum atomic E-state index is 13.5. The van der Waals surface area contributed by atoms with Crippen LogP contribution in [0.15, 0.2) is 95.9 Å². The summed E-state index contributed by atoms with van der Waals surface area (Å²) < 4.78 is 13.5. The van der Waals surface area contributed by atoms with Gasteiger partial charge in [0.1, 0.15) is 0 Å². The van der Waals surface area contributed by atoms with Gasteiger partial charge in [-0.15, -0.1) is 0 Å². The molecule has 0 spiro atoms. The molecule has 25 heavy (non-hydrogen) atoms. The lowest BCUT2D eigenvalue weighted by Gasteiger charge is -2.05. The molecule has 0 fully saturated rings. The summed E-state index contributed by atoms with van der Waals surface area (Å²) in [6.07, 6.45) is 0. The van der Waals surface area contributed by atoms with Crippen LogP contribution in [0.2, 0.25) is 0 Å². The first-order chi connectivity index (χ1) is 12.2. The molecule has 3 heteroatoms. The summed E-state index contributed by atoms with van der Waals surface area (Å²) in [7, 11) is -2.82. The Morgan fingerprint density at radius 2 is 1.28 bits per heavy atom. The summed E-state index contributed by atoms with van der Waals surface area (Å²) in [5, 5.41) is 2.89. The standard InChI is InChI=1S/C22H17O2S/c23-22(20-12-6-2-7-13-20)18-25(24,21-14-8-3-9-15-21)17-16-19-10-4-1-5-11-19/h1-15H,18H2/q+1. The van der Waals surface area contributed by atoms with E-state index >= 15 is 0 Å². The minimum absolute atomic E-state index is 0.124. The van der Waals surface area contributed by atoms with Gasteiger partial charge in [-0.2, -0.15) is 0 Å². The highest BCUT2D eigenvalue weighted by atomic mass is 32.2. The Balaban J connectivity index is 1.97. The number of benzene rings is 3. The molecule has 0 heterocycles. The number of hydrogen-bond acceptors (Lipinski definition) is 2. The minimum atomic E-state index is -2.82. The predicted octanol–water partition coefficient (Wildman–Crippen LogP) is 4.44. The van der Waals surface area contributed by atoms with E-state index in [1.807, 2.05) is 54.6 Å². The Labute approximate surface area is 149 Å². The largest absolute Gasteiger partial charge is 0.289 e. The molecule has 0 aromatic heterocycles. The molecule has 0 amide bonds. The number of carbonyl (C=O) groups is 1. The van der Waals surface area contributed by atoms with Crippen LogP contribution in [0.5, 0.6) is 0 Å². The molecule has 0 aliphatic heterocycles. The van der Waals surface area contributed by atoms with Crippen molar-refractivity contribution in [1.29, 1.82) is 0 Å². The second-order valence-electron chi connectivity index (χ2n) is 5.51. The van der Waals surface area contributed by atoms with Gasteiger partial charge in [0.2, 0.25) is 15.7 Å². The highest BCUT2D eigenvalue weighted by Gasteiger charge is 2.33. The molecule has 3 aromatic rings. The van der Waals surface area contributed by atoms with Crippen LogP contribution in [0.3, 0.4) is 0 Å². The lowest BCUT2D eigenvalue weighted by Crippen LogP contribution is -2.21. The molecule has 1 atom stereocenters. The topological polar surface area (TPSA) is 34.1 Å². The highest BCUT2D eigenvalue weighted by molar-refractivity contribution is 8.07. The Bertz CT molecular complexity index is 952. The fourth-order valence-electron chi connectivity index (χ4n) is 2.37. The van der Waals surface area contributed by atoms with E-state index in [0.717, 1.165) is 5.56 Å². The average Bonchev–Trinajstić information content (AvgIpc) is 2.68. The van der Waals surface area contributed by atoms with Gasteiger partial charge in [-0.25, -0.2) is 0 Å². The normalized spacial score (nSPS) is 12.5. The van der Waals surface area contributed by atoms with Gasteiger partial charge in [-0.3, -0.25) is 4.79 Å². The fraction of sp³-hybridized carbons (Fsp3) is 0.0455. The molecule has 1 unspecified atom stereocenters. The smallest absolute Gasteiger partial charge is 0.213 e. The third-order valence-corrected chi connectivity index (χ3v) is 5.82. The van der Waals surface area contributed by atoms with Gasteiger partial charge in [0, 0.05) is 11.1 Å². The van der Waals surface area contributed by atoms with E-state index in [9.17, 15) is 9.00 Å². The van der Waals surface area contributed by atoms with Crippen molar-refractivity contribution < 1.29 is 9.00 Å². The van der Waals surface area contributed by atoms with E-state index in [4.69, 9.17) is 0 Å². The Morgan fingerprint density at radius 1 is 0.760 bits per heavy atom. The third-order valence-electron chi connectivity index (χ3n) is 3.69. The summed E-state index contributed by atoms with van der Waals surface area (Å²) in [4.78, 5) is 13.2. The lowest BCUT2D eigenvalue weighted by molar-refractivity contribution is 0.102. The SMILES string of the molecule is O=C(C[S+](=O)(C#Cc1ccccc1)c1ccccc1)c1ccccc1. The molecule has 0 bridgehead atoms. The molecule has 0 saturated carbocycles. The number of rotatable bonds is 4. The van der Waals surface area contributed by atoms with E-state index in [1.54, 1.807) is 36.4 Å². The summed E-state index contributed by atoms with van der Waals surface area (Å²) in [5.74, 6) is 2.67. The molecule has 3 aromatic carbocycles. The van der Waals surface area contributed by atoms with Crippen LogP contribution in [0.4, 0.5) is 0 Å². The van der Waals surface area contributed by atoms with E-state index in [0.29, 0.717) is 10.5 Å². The van der Waals surface area contributed by atoms with Gasteiger partial charge in [-0.1, -0.05) is 70.9 Å². The van der Waals surface area contributed by atoms with E-state index < -0.39 is 9.93 Å². The van der Waals surface area contributed by atoms with Crippen LogP contribution in [-0.2, 0) is 14.1 Å². The van der Waals surface area contributed by atoms with Gasteiger partial charge in [0.15, 0.2) is 15.9 Å². The Morgan fingerprint density at radius 3 is 1.88 bits per heavy atom. The summed E-state index contributed by atoms with van der Waals surface area (Å²) in [6, 6.07) is 27.3. The number of Topliss-reactive ketones (excluding diaryl/α,β-unsaturated/α-hetero) is 1. The maximum absolute atomic E-state index is 13.5. The second-order valence-corrected chi connectivity index (χ2v) is 7.83. The van der Waals surface area contributed by atoms with Crippen molar-refractivity contribution in [1.82, 2.24) is 0 Å². The van der Waals surface area contributed by atoms with Gasteiger partial charge < -0.3 is 0 Å². The van der Waals surface area contributed by atoms with Gasteiger partial charge >= 0.3 is 0 Å². The summed E-state index contributed by atoms with van der Waals surface area (Å²) >= 11 is 0. The van der Waals surface area contributed by atoms with Crippen LogP contribution >= 0.6 is 0 Å². The van der Waals surface area contributed by atoms with Crippen LogP contribution in [0.1, 0.15) is 15.9 Å². The zero-order valence-corrected chi connectivity index (χ0v) is 14.4. The van der Waals surface area contributed by atoms with Crippen molar-refractivity contribution in [3.05, 3.63) is 102 Å². The second kappa shape index (κ2) is 7.74. The lowest BCUT2D eigenvalue weighted by atomic mass is 10.2. The van der Waals surface area contributed by atoms with Gasteiger partial charge in [0.25, 0.3) is 0 Å². The molecule has 2 nitrogen and oxygen atoms in total. The van der Waals surface area contributed by atoms with Gasteiger partial charge in [-0.05, 0) is 30.2 Å². The first-order valence-corrected chi connectivity index (χ1v) is 9.63. The zero-order valence-electron chi connectivity index (χ0n) is 13.6. The van der Waals surface area contributed by atoms with Crippen molar-refractivity contribution >= 4 is 15.7 Å². The van der Waals surface area contributed by atoms with Crippen molar-refractivity contribution in [3.8, 4) is 11.2 Å². The molecule has 0 aliphatic rings. The van der Waals surface area contributed by atoms with E-state index in [2.05, 4.69) is 11.2 Å². The zero-order chi connectivity index (χ0) is 17.5. The van der Waals surface area contributed by atoms with Crippen LogP contribution in [-0.4, -0.2) is 11.5 Å². The Hall–Kier alpha value is -2.96. The fourth-order valence-corrected chi connectivity index (χ4v) is 4.15. The predicted molar refractivity (Wildman–Crippen MR) is 102 cm³/mol. The third kappa shape index (κ3) is 4.32. The number of ketones is 1. The van der Waals surface area contributed by atoms with Crippen LogP contribution < -0.4 is 0 Å². The first kappa shape index (κ1) is 16.9. The highest BCUT2D eigenvalue weighted by Crippen LogP contribution is 2.21. The van der Waals surface area contributed by atoms with E-state index in [-0.39, 0.29) is 11.5 Å². The average molecular weight is 345 g/mol. The molecular formula is C22H17O2S+. The van der Waals surface area contributed by atoms with Crippen molar-refractivity contribution in [2.45, 2.75) is 4.90 Å². The van der Waals surface area contributed by atoms with Crippen LogP contribution in [0, 0.1) is 11.2 Å². The first-order valence-electron chi connectivity index (χ1n) is 7.90. The van der Waals surface area contributed by atoms with Crippen LogP contribution in [0.25, 0.3) is 0 Å². The van der Waals surface area contributed by atoms with E-state index in [1.165, 1.54) is 0 Å². The molecular weight excluding hydrogens is 328 g/mol. The quantitative estimate of drug-likeness (QED) is 0.398. The van der Waals surface area contributed by atoms with Gasteiger partial charge in [0.05, 0.1) is 0 Å². The maximum Gasteiger partial charge on any atom is 0.213 e. The van der Waals surface area contributed by atoms with Crippen molar-refractivity contribution in [2.75, 3.05) is 5.75 Å². The Kier molecular flexibility index (Phi) is 5.23. The minimum Gasteiger partial charge on any atom is -0.289 e. The number of hydrogen-bond donors (Lipinski definition) is 0. The van der Waals surface area contributed by atoms with Crippen molar-refractivity contribution in [2.24, 2.45) is 0 Å². The number of carbonyl (C=O) groups excluding carboxylic acids is 1. The molecule has 0 saturated heterocycles.